The summed E-state index contributed by atoms with van der Waals surface area (Å²) < 4.78 is 55.2. The number of rotatable bonds is 6. The molecule has 0 aromatic carbocycles. The molecule has 16 heteroatoms. The lowest BCUT2D eigenvalue weighted by Crippen LogP contribution is -2.94. The van der Waals surface area contributed by atoms with Crippen molar-refractivity contribution in [1.29, 1.82) is 0 Å². The summed E-state index contributed by atoms with van der Waals surface area (Å²) in [6, 6.07) is 1.59. The molecule has 1 spiro atoms. The zero-order valence-electron chi connectivity index (χ0n) is 29.3. The van der Waals surface area contributed by atoms with Crippen molar-refractivity contribution in [3.8, 4) is 0 Å². The Bertz CT molecular complexity index is 1820. The van der Waals surface area contributed by atoms with Crippen molar-refractivity contribution in [2.45, 2.75) is 120 Å². The molecule has 4 heterocycles. The Balaban J connectivity index is 1.52. The minimum atomic E-state index is -2.31. The summed E-state index contributed by atoms with van der Waals surface area (Å²) in [6.07, 6.45) is -4.03. The van der Waals surface area contributed by atoms with Crippen LogP contribution in [-0.4, -0.2) is 100.0 Å². The number of carbonyl (C=O) groups is 5. The van der Waals surface area contributed by atoms with Crippen LogP contribution < -0.4 is 0 Å². The van der Waals surface area contributed by atoms with Gasteiger partial charge in [-0.25, -0.2) is 9.59 Å². The monoisotopic (exact) mass is 716 g/mol. The number of hydrogen-bond acceptors (Lipinski definition) is 16. The van der Waals surface area contributed by atoms with Gasteiger partial charge in [0.1, 0.15) is 29.5 Å². The van der Waals surface area contributed by atoms with E-state index in [0.717, 1.165) is 21.0 Å². The summed E-state index contributed by atoms with van der Waals surface area (Å²) in [6.45, 7) is 9.82. The van der Waals surface area contributed by atoms with Crippen LogP contribution in [0.1, 0.15) is 73.0 Å². The first kappa shape index (κ1) is 34.3. The molecule has 0 radical (unpaired) electrons. The van der Waals surface area contributed by atoms with Gasteiger partial charge in [-0.2, -0.15) is 0 Å². The third-order valence-electron chi connectivity index (χ3n) is 13.4. The van der Waals surface area contributed by atoms with Crippen molar-refractivity contribution in [3.05, 3.63) is 35.8 Å². The van der Waals surface area contributed by atoms with Crippen LogP contribution in [0.4, 0.5) is 0 Å². The first-order chi connectivity index (χ1) is 23.7. The van der Waals surface area contributed by atoms with Crippen LogP contribution in [0.15, 0.2) is 34.7 Å². The highest BCUT2D eigenvalue weighted by molar-refractivity contribution is 5.86. The van der Waals surface area contributed by atoms with Crippen LogP contribution in [0.5, 0.6) is 0 Å². The minimum absolute atomic E-state index is 0.143. The van der Waals surface area contributed by atoms with Gasteiger partial charge in [-0.3, -0.25) is 14.4 Å². The van der Waals surface area contributed by atoms with Gasteiger partial charge in [0.05, 0.1) is 25.1 Å². The summed E-state index contributed by atoms with van der Waals surface area (Å²) in [5, 5.41) is 25.6. The minimum Gasteiger partial charge on any atom is -0.472 e. The Hall–Kier alpha value is -3.83. The Kier molecular flexibility index (Phi) is 6.57. The predicted octanol–water partition coefficient (Wildman–Crippen LogP) is 1.30. The lowest BCUT2D eigenvalue weighted by atomic mass is 9.34. The topological polar surface area (TPSA) is 213 Å². The molecule has 4 saturated carbocycles. The number of methoxy groups -OCH3 is 1. The maximum Gasteiger partial charge on any atom is 0.335 e. The molecule has 0 amide bonds. The number of fused-ring (bicyclic) bond motifs is 4. The number of hydrogen-bond donors (Lipinski definition) is 2. The highest BCUT2D eigenvalue weighted by Gasteiger charge is 3.04. The number of aliphatic hydroxyl groups is 2. The highest BCUT2D eigenvalue weighted by Crippen LogP contribution is 2.88. The molecule has 6 fully saturated rings. The first-order valence-electron chi connectivity index (χ1n) is 16.7. The molecule has 14 atom stereocenters. The summed E-state index contributed by atoms with van der Waals surface area (Å²) in [5.41, 5.74) is -12.9. The molecule has 276 valence electrons. The van der Waals surface area contributed by atoms with Gasteiger partial charge in [0, 0.05) is 62.5 Å². The SMILES string of the molecule is COC(=O)[C@H](O)[C@@H]1[C@]2(C)CC3(O)[C@](OC(C)=O)([C@@H]2OC(C)=O)[C@@H]2OC4(C)O[C@]5(C[C@@H](OC(C)=O)[C@@]6(C)C(=CC(=O)O[C@@H]6c6ccoc6)[C@]25O4)[C@]13C. The van der Waals surface area contributed by atoms with E-state index in [2.05, 4.69) is 0 Å². The van der Waals surface area contributed by atoms with E-state index in [0.29, 0.717) is 5.56 Å². The lowest BCUT2D eigenvalue weighted by molar-refractivity contribution is -0.448. The van der Waals surface area contributed by atoms with Crippen LogP contribution in [0.2, 0.25) is 0 Å². The van der Waals surface area contributed by atoms with E-state index in [1.54, 1.807) is 26.8 Å². The summed E-state index contributed by atoms with van der Waals surface area (Å²) >= 11 is 0. The van der Waals surface area contributed by atoms with E-state index in [1.807, 2.05) is 0 Å². The van der Waals surface area contributed by atoms with Gasteiger partial charge in [0.25, 0.3) is 5.97 Å². The molecular formula is C35H40O16. The molecular weight excluding hydrogens is 676 g/mol. The Labute approximate surface area is 291 Å². The average molecular weight is 717 g/mol. The molecule has 4 aliphatic carbocycles. The molecule has 2 unspecified atom stereocenters. The van der Waals surface area contributed by atoms with Crippen molar-refractivity contribution in [2.24, 2.45) is 22.2 Å². The molecule has 16 nitrogen and oxygen atoms in total. The van der Waals surface area contributed by atoms with Crippen molar-refractivity contribution in [2.75, 3.05) is 7.11 Å². The van der Waals surface area contributed by atoms with E-state index < -0.39 is 111 Å². The zero-order chi connectivity index (χ0) is 37.1. The van der Waals surface area contributed by atoms with Crippen LogP contribution in [0.25, 0.3) is 0 Å². The van der Waals surface area contributed by atoms with Crippen LogP contribution in [0, 0.1) is 22.2 Å². The van der Waals surface area contributed by atoms with Gasteiger partial charge in [-0.1, -0.05) is 13.8 Å². The van der Waals surface area contributed by atoms with Crippen LogP contribution in [-0.2, 0) is 61.9 Å². The van der Waals surface area contributed by atoms with Gasteiger partial charge < -0.3 is 52.5 Å². The van der Waals surface area contributed by atoms with Crippen molar-refractivity contribution in [3.63, 3.8) is 0 Å². The lowest BCUT2D eigenvalue weighted by Gasteiger charge is -2.76. The fraction of sp³-hybridized carbons (Fsp3) is 0.686. The normalized spacial score (nSPS) is 50.0. The summed E-state index contributed by atoms with van der Waals surface area (Å²) in [7, 11) is 1.09. The summed E-state index contributed by atoms with van der Waals surface area (Å²) in [5.74, 6) is -7.63. The van der Waals surface area contributed by atoms with Gasteiger partial charge in [-0.05, 0) is 25.0 Å². The number of carbonyl (C=O) groups excluding carboxylic acids is 5. The number of cyclic esters (lactones) is 1. The predicted molar refractivity (Wildman–Crippen MR) is 162 cm³/mol. The molecule has 2 saturated heterocycles. The van der Waals surface area contributed by atoms with Crippen LogP contribution in [0.3, 0.4) is 0 Å². The second-order valence-corrected chi connectivity index (χ2v) is 15.7. The zero-order valence-corrected chi connectivity index (χ0v) is 29.3. The smallest absolute Gasteiger partial charge is 0.335 e. The van der Waals surface area contributed by atoms with Crippen molar-refractivity contribution >= 4 is 29.8 Å². The van der Waals surface area contributed by atoms with Crippen molar-refractivity contribution < 1.29 is 76.5 Å². The fourth-order valence-corrected chi connectivity index (χ4v) is 12.3. The third kappa shape index (κ3) is 3.43. The fourth-order valence-electron chi connectivity index (χ4n) is 12.3. The van der Waals surface area contributed by atoms with Crippen molar-refractivity contribution in [1.82, 2.24) is 0 Å². The maximum atomic E-state index is 13.8. The molecule has 7 aliphatic rings. The summed E-state index contributed by atoms with van der Waals surface area (Å²) in [4.78, 5) is 66.4. The average Bonchev–Trinajstić information content (AvgIpc) is 3.79. The molecule has 4 bridgehead atoms. The van der Waals surface area contributed by atoms with E-state index in [9.17, 15) is 34.2 Å². The number of aliphatic hydroxyl groups excluding tert-OH is 1. The Morgan fingerprint density at radius 1 is 1.00 bits per heavy atom. The molecule has 2 N–H and O–H groups in total. The second-order valence-electron chi connectivity index (χ2n) is 15.7. The van der Waals surface area contributed by atoms with E-state index in [1.165, 1.54) is 32.4 Å². The third-order valence-corrected chi connectivity index (χ3v) is 13.4. The van der Waals surface area contributed by atoms with Crippen LogP contribution >= 0.6 is 0 Å². The molecule has 8 rings (SSSR count). The van der Waals surface area contributed by atoms with Gasteiger partial charge >= 0.3 is 29.8 Å². The first-order valence-corrected chi connectivity index (χ1v) is 16.7. The standard InChI is InChI=1S/C35H40O16/c1-15(36)45-20-12-33-30(6)23(22(40)25(41)43-8)28(4)14-32(30,42)35(48-17(3)38,26(28)46-16(2)37)27-34(33,51-31(7,49-27)50-33)19-11-21(39)47-24(29(19,20)5)18-9-10-44-13-18/h9-11,13,20,22-24,26-27,40,42H,12,14H2,1-8H3/t20-,22-,23-,24-,26-,27-,28+,29-,30-,31?,32?,33-,34+,35+/m1/s1. The van der Waals surface area contributed by atoms with E-state index in [4.69, 9.17) is 42.3 Å². The molecule has 3 aliphatic heterocycles. The Morgan fingerprint density at radius 2 is 1.69 bits per heavy atom. The highest BCUT2D eigenvalue weighted by atomic mass is 17.0. The van der Waals surface area contributed by atoms with E-state index in [-0.39, 0.29) is 18.4 Å². The molecule has 1 aromatic heterocycles. The number of ether oxygens (including phenoxy) is 8. The second kappa shape index (κ2) is 9.77. The largest absolute Gasteiger partial charge is 0.472 e. The number of esters is 5. The maximum absolute atomic E-state index is 13.8. The quantitative estimate of drug-likeness (QED) is 0.314. The molecule has 51 heavy (non-hydrogen) atoms. The Morgan fingerprint density at radius 3 is 2.27 bits per heavy atom. The van der Waals surface area contributed by atoms with E-state index >= 15 is 0 Å². The number of furan rings is 1. The molecule has 1 aromatic rings. The van der Waals surface area contributed by atoms with Gasteiger partial charge in [0.15, 0.2) is 17.8 Å². The van der Waals surface area contributed by atoms with Gasteiger partial charge in [0.2, 0.25) is 5.60 Å². The van der Waals surface area contributed by atoms with Gasteiger partial charge in [-0.15, -0.1) is 0 Å².